The Morgan fingerprint density at radius 1 is 0.857 bits per heavy atom. The van der Waals surface area contributed by atoms with Crippen molar-refractivity contribution in [2.45, 2.75) is 6.54 Å². The Bertz CT molecular complexity index is 724. The van der Waals surface area contributed by atoms with Gasteiger partial charge >= 0.3 is 6.26 Å². The standard InChI is InChI=1S/C18H17BClN/c1-21(19(20)17-11-3-2-4-12-17)14-16-10-7-9-15-8-5-6-13-18(15)16/h2-13H,14H2,1H3. The van der Waals surface area contributed by atoms with Gasteiger partial charge in [-0.15, -0.1) is 0 Å². The van der Waals surface area contributed by atoms with E-state index in [0.717, 1.165) is 12.0 Å². The Hall–Kier alpha value is -1.77. The maximum absolute atomic E-state index is 6.58. The van der Waals surface area contributed by atoms with E-state index in [0.29, 0.717) is 0 Å². The van der Waals surface area contributed by atoms with Gasteiger partial charge in [0, 0.05) is 6.54 Å². The zero-order chi connectivity index (χ0) is 14.7. The van der Waals surface area contributed by atoms with Crippen molar-refractivity contribution in [3.8, 4) is 0 Å². The van der Waals surface area contributed by atoms with Crippen LogP contribution in [0.3, 0.4) is 0 Å². The van der Waals surface area contributed by atoms with Gasteiger partial charge in [0.1, 0.15) is 0 Å². The van der Waals surface area contributed by atoms with Gasteiger partial charge in [-0.2, -0.15) is 11.5 Å². The summed E-state index contributed by atoms with van der Waals surface area (Å²) in [5.74, 6) is 0. The molecule has 0 aliphatic heterocycles. The summed E-state index contributed by atoms with van der Waals surface area (Å²) in [7, 11) is 2.06. The summed E-state index contributed by atoms with van der Waals surface area (Å²) in [4.78, 5) is 2.17. The minimum Gasteiger partial charge on any atom is -0.323 e. The fourth-order valence-corrected chi connectivity index (χ4v) is 2.86. The number of benzene rings is 3. The Kier molecular flexibility index (Phi) is 4.28. The summed E-state index contributed by atoms with van der Waals surface area (Å²) in [6.45, 7) is 0.824. The highest BCUT2D eigenvalue weighted by Gasteiger charge is 2.20. The zero-order valence-electron chi connectivity index (χ0n) is 12.0. The third kappa shape index (κ3) is 3.12. The first kappa shape index (κ1) is 14.2. The molecule has 3 heteroatoms. The molecule has 3 aromatic rings. The van der Waals surface area contributed by atoms with Gasteiger partial charge in [-0.3, -0.25) is 0 Å². The first-order chi connectivity index (χ1) is 10.3. The molecule has 0 aromatic heterocycles. The van der Waals surface area contributed by atoms with Crippen LogP contribution in [0.1, 0.15) is 5.56 Å². The van der Waals surface area contributed by atoms with Crippen LogP contribution in [0.5, 0.6) is 0 Å². The Labute approximate surface area is 131 Å². The van der Waals surface area contributed by atoms with Crippen molar-refractivity contribution >= 4 is 34.0 Å². The normalized spacial score (nSPS) is 11.0. The molecule has 0 spiro atoms. The molecule has 0 atom stereocenters. The lowest BCUT2D eigenvalue weighted by atomic mass is 9.78. The number of fused-ring (bicyclic) bond motifs is 1. The minimum absolute atomic E-state index is 0.120. The number of hydrogen-bond donors (Lipinski definition) is 0. The van der Waals surface area contributed by atoms with Gasteiger partial charge in [-0.05, 0) is 28.8 Å². The molecule has 104 valence electrons. The monoisotopic (exact) mass is 293 g/mol. The van der Waals surface area contributed by atoms with E-state index < -0.39 is 0 Å². The van der Waals surface area contributed by atoms with Gasteiger partial charge in [-0.1, -0.05) is 72.8 Å². The highest BCUT2D eigenvalue weighted by molar-refractivity contribution is 7.12. The fraction of sp³-hybridized carbons (Fsp3) is 0.111. The number of nitrogens with zero attached hydrogens (tertiary/aromatic N) is 1. The molecule has 0 heterocycles. The molecule has 0 aliphatic rings. The van der Waals surface area contributed by atoms with Crippen molar-refractivity contribution in [2.75, 3.05) is 7.05 Å². The highest BCUT2D eigenvalue weighted by Crippen LogP contribution is 2.20. The Balaban J connectivity index is 1.85. The quantitative estimate of drug-likeness (QED) is 0.659. The Morgan fingerprint density at radius 3 is 2.33 bits per heavy atom. The van der Waals surface area contributed by atoms with Crippen LogP contribution < -0.4 is 5.46 Å². The zero-order valence-corrected chi connectivity index (χ0v) is 12.8. The van der Waals surface area contributed by atoms with Gasteiger partial charge in [0.2, 0.25) is 0 Å². The first-order valence-corrected chi connectivity index (χ1v) is 7.55. The summed E-state index contributed by atoms with van der Waals surface area (Å²) in [6, 6.07) is 25.1. The summed E-state index contributed by atoms with van der Waals surface area (Å²) < 4.78 is 0. The smallest absolute Gasteiger partial charge is 0.323 e. The van der Waals surface area contributed by atoms with Gasteiger partial charge in [-0.25, -0.2) is 0 Å². The van der Waals surface area contributed by atoms with Crippen LogP contribution >= 0.6 is 11.5 Å². The lowest BCUT2D eigenvalue weighted by Crippen LogP contribution is -2.41. The molecule has 1 nitrogen and oxygen atoms in total. The predicted molar refractivity (Wildman–Crippen MR) is 93.1 cm³/mol. The molecule has 0 bridgehead atoms. The molecule has 3 aromatic carbocycles. The second-order valence-corrected chi connectivity index (χ2v) is 5.71. The van der Waals surface area contributed by atoms with E-state index in [2.05, 4.69) is 66.5 Å². The lowest BCUT2D eigenvalue weighted by molar-refractivity contribution is 0.534. The first-order valence-electron chi connectivity index (χ1n) is 7.11. The van der Waals surface area contributed by atoms with E-state index in [9.17, 15) is 0 Å². The van der Waals surface area contributed by atoms with Crippen molar-refractivity contribution in [1.82, 2.24) is 4.81 Å². The molecule has 0 saturated heterocycles. The van der Waals surface area contributed by atoms with E-state index in [1.165, 1.54) is 16.3 Å². The van der Waals surface area contributed by atoms with Crippen LogP contribution in [-0.4, -0.2) is 18.1 Å². The topological polar surface area (TPSA) is 3.24 Å². The molecule has 0 aliphatic carbocycles. The average Bonchev–Trinajstić information content (AvgIpc) is 2.55. The van der Waals surface area contributed by atoms with E-state index in [1.54, 1.807) is 0 Å². The molecular weight excluding hydrogens is 276 g/mol. The van der Waals surface area contributed by atoms with E-state index in [1.807, 2.05) is 18.2 Å². The van der Waals surface area contributed by atoms with Gasteiger partial charge in [0.05, 0.1) is 0 Å². The van der Waals surface area contributed by atoms with Crippen LogP contribution in [0.2, 0.25) is 0 Å². The maximum Gasteiger partial charge on any atom is 0.364 e. The summed E-state index contributed by atoms with van der Waals surface area (Å²) >= 11 is 6.58. The molecule has 0 N–H and O–H groups in total. The molecule has 3 rings (SSSR count). The van der Waals surface area contributed by atoms with Gasteiger partial charge in [0.25, 0.3) is 0 Å². The molecule has 21 heavy (non-hydrogen) atoms. The van der Waals surface area contributed by atoms with E-state index in [-0.39, 0.29) is 6.26 Å². The molecule has 0 saturated carbocycles. The van der Waals surface area contributed by atoms with Crippen molar-refractivity contribution in [2.24, 2.45) is 0 Å². The van der Waals surface area contributed by atoms with E-state index in [4.69, 9.17) is 11.5 Å². The summed E-state index contributed by atoms with van der Waals surface area (Å²) in [5, 5.41) is 2.57. The van der Waals surface area contributed by atoms with Gasteiger partial charge in [0.15, 0.2) is 0 Å². The van der Waals surface area contributed by atoms with Crippen LogP contribution in [0.25, 0.3) is 10.8 Å². The van der Waals surface area contributed by atoms with Crippen molar-refractivity contribution < 1.29 is 0 Å². The average molecular weight is 294 g/mol. The Morgan fingerprint density at radius 2 is 1.52 bits per heavy atom. The van der Waals surface area contributed by atoms with Gasteiger partial charge < -0.3 is 4.81 Å². The van der Waals surface area contributed by atoms with Crippen molar-refractivity contribution in [3.63, 3.8) is 0 Å². The summed E-state index contributed by atoms with van der Waals surface area (Å²) in [5.41, 5.74) is 2.43. The third-order valence-electron chi connectivity index (χ3n) is 3.76. The van der Waals surface area contributed by atoms with Crippen LogP contribution in [0.4, 0.5) is 0 Å². The van der Waals surface area contributed by atoms with Crippen LogP contribution in [-0.2, 0) is 6.54 Å². The van der Waals surface area contributed by atoms with Crippen molar-refractivity contribution in [3.05, 3.63) is 78.4 Å². The fourth-order valence-electron chi connectivity index (χ4n) is 2.65. The SMILES string of the molecule is CN(Cc1cccc2ccccc12)B(Cl)c1ccccc1. The third-order valence-corrected chi connectivity index (χ3v) is 4.35. The summed E-state index contributed by atoms with van der Waals surface area (Å²) in [6.07, 6.45) is -0.120. The molecule has 0 fully saturated rings. The van der Waals surface area contributed by atoms with Crippen LogP contribution in [0, 0.1) is 0 Å². The minimum atomic E-state index is -0.120. The van der Waals surface area contributed by atoms with Crippen molar-refractivity contribution in [1.29, 1.82) is 0 Å². The number of hydrogen-bond acceptors (Lipinski definition) is 1. The van der Waals surface area contributed by atoms with Crippen LogP contribution in [0.15, 0.2) is 72.8 Å². The second kappa shape index (κ2) is 6.34. The molecular formula is C18H17BClN. The number of halogens is 1. The highest BCUT2D eigenvalue weighted by atomic mass is 35.5. The largest absolute Gasteiger partial charge is 0.364 e. The maximum atomic E-state index is 6.58. The lowest BCUT2D eigenvalue weighted by Gasteiger charge is -2.21. The molecule has 0 unspecified atom stereocenters. The molecule has 0 amide bonds. The number of rotatable bonds is 4. The second-order valence-electron chi connectivity index (χ2n) is 5.30. The molecule has 0 radical (unpaired) electrons. The van der Waals surface area contributed by atoms with E-state index >= 15 is 0 Å². The predicted octanol–water partition coefficient (Wildman–Crippen LogP) is 3.91.